The van der Waals surface area contributed by atoms with E-state index >= 15 is 0 Å². The lowest BCUT2D eigenvalue weighted by Gasteiger charge is -2.46. The molecule has 6 heteroatoms. The van der Waals surface area contributed by atoms with Crippen LogP contribution >= 0.6 is 0 Å². The molecule has 0 unspecified atom stereocenters. The van der Waals surface area contributed by atoms with Gasteiger partial charge in [-0.2, -0.15) is 0 Å². The Morgan fingerprint density at radius 2 is 0.636 bits per heavy atom. The first kappa shape index (κ1) is 49.5. The number of nitrogens with zero attached hydrogens (tertiary/aromatic N) is 5. The number of fused-ring (bicyclic) bond motifs is 16. The first-order valence-electron chi connectivity index (χ1n) is 45.4. The Bertz CT molecular complexity index is 7540. The van der Waals surface area contributed by atoms with Crippen molar-refractivity contribution in [3.63, 3.8) is 0 Å². The fourth-order valence-corrected chi connectivity index (χ4v) is 17.8. The van der Waals surface area contributed by atoms with Crippen molar-refractivity contribution in [3.05, 3.63) is 363 Å². The van der Waals surface area contributed by atoms with E-state index in [1.165, 1.54) is 0 Å². The smallest absolute Gasteiger partial charge is 0.252 e. The third-order valence-electron chi connectivity index (χ3n) is 22.9. The SMILES string of the molecule is [2H]c1c([2H])c([2H])c2c(c1[2H])c1c([2H])c([2H])c([2H])c([2H])c1n2-c1ccc2c(c1)N(c1c(-c3ccccc3)cc(C(C)(C)C)cc1-c1ccccc1)c1cc(-c3ccc4c(c3)c3cccc5c6ccccc6n4c53)cc3c1B2c1ccc(-n2c4c([2H])c([2H])c([2H])c([2H])c4c4c([2H])c([2H])c([2H])c([2H])c42)cc1N3c1c(-c2ccccc2)cc(C(C)(C)C)cc1-c1ccccc1. The predicted molar refractivity (Wildman–Crippen MR) is 468 cm³/mol. The average molecular weight is 1420 g/mol. The van der Waals surface area contributed by atoms with Crippen LogP contribution in [-0.2, 0) is 10.8 Å². The molecule has 0 fully saturated rings. The topological polar surface area (TPSA) is 20.8 Å². The fraction of sp³-hybridized carbons (Fsp3) is 0.0769. The summed E-state index contributed by atoms with van der Waals surface area (Å²) in [5.41, 5.74) is 19.7. The maximum absolute atomic E-state index is 9.99. The van der Waals surface area contributed by atoms with Gasteiger partial charge in [-0.3, -0.25) is 0 Å². The van der Waals surface area contributed by atoms with Crippen LogP contribution in [0.5, 0.6) is 0 Å². The van der Waals surface area contributed by atoms with Gasteiger partial charge in [0.1, 0.15) is 0 Å². The Balaban J connectivity index is 0.973. The number of aromatic nitrogens is 3. The van der Waals surface area contributed by atoms with Crippen LogP contribution in [0.1, 0.15) is 74.6 Å². The highest BCUT2D eigenvalue weighted by Crippen LogP contribution is 2.56. The molecule has 16 aromatic carbocycles. The van der Waals surface area contributed by atoms with Gasteiger partial charge in [0.05, 0.1) is 71.9 Å². The van der Waals surface area contributed by atoms with E-state index in [2.05, 4.69) is 201 Å². The van der Waals surface area contributed by atoms with E-state index in [1.807, 2.05) is 109 Å². The van der Waals surface area contributed by atoms with Crippen molar-refractivity contribution >= 4 is 139 Å². The Labute approximate surface area is 662 Å². The van der Waals surface area contributed by atoms with Gasteiger partial charge in [-0.25, -0.2) is 0 Å². The van der Waals surface area contributed by atoms with Crippen LogP contribution in [0.15, 0.2) is 351 Å². The largest absolute Gasteiger partial charge is 0.310 e. The second-order valence-corrected chi connectivity index (χ2v) is 31.2. The molecular weight excluding hydrogens is 1330 g/mol. The van der Waals surface area contributed by atoms with Crippen LogP contribution < -0.4 is 26.2 Å². The van der Waals surface area contributed by atoms with E-state index in [4.69, 9.17) is 0 Å². The zero-order valence-corrected chi connectivity index (χ0v) is 61.1. The van der Waals surface area contributed by atoms with Gasteiger partial charge in [-0.05, 0) is 175 Å². The number of benzene rings is 16. The van der Waals surface area contributed by atoms with E-state index in [1.54, 1.807) is 9.13 Å². The second-order valence-electron chi connectivity index (χ2n) is 31.2. The van der Waals surface area contributed by atoms with Crippen molar-refractivity contribution in [1.29, 1.82) is 0 Å². The van der Waals surface area contributed by atoms with Crippen molar-refractivity contribution in [2.24, 2.45) is 0 Å². The van der Waals surface area contributed by atoms with Gasteiger partial charge >= 0.3 is 0 Å². The molecule has 4 aromatic heterocycles. The fourth-order valence-electron chi connectivity index (χ4n) is 17.8. The summed E-state index contributed by atoms with van der Waals surface area (Å²) < 4.78 is 159. The zero-order valence-electron chi connectivity index (χ0n) is 77.1. The third-order valence-corrected chi connectivity index (χ3v) is 22.9. The maximum atomic E-state index is 9.99. The minimum Gasteiger partial charge on any atom is -0.310 e. The van der Waals surface area contributed by atoms with Gasteiger partial charge in [-0.15, -0.1) is 0 Å². The van der Waals surface area contributed by atoms with Gasteiger partial charge in [0, 0.05) is 99.5 Å². The molecule has 0 amide bonds. The van der Waals surface area contributed by atoms with Gasteiger partial charge in [0.15, 0.2) is 0 Å². The summed E-state index contributed by atoms with van der Waals surface area (Å²) in [6, 6.07) is 80.3. The molecule has 520 valence electrons. The molecule has 2 aliphatic rings. The summed E-state index contributed by atoms with van der Waals surface area (Å²) in [7, 11) is 0. The lowest BCUT2D eigenvalue weighted by Crippen LogP contribution is -2.61. The maximum Gasteiger partial charge on any atom is 0.252 e. The monoisotopic (exact) mass is 1420 g/mol. The van der Waals surface area contributed by atoms with Gasteiger partial charge < -0.3 is 23.3 Å². The van der Waals surface area contributed by atoms with Crippen LogP contribution in [0.2, 0.25) is 0 Å². The normalized spacial score (nSPS) is 15.0. The van der Waals surface area contributed by atoms with Crippen molar-refractivity contribution in [1.82, 2.24) is 13.5 Å². The van der Waals surface area contributed by atoms with Crippen molar-refractivity contribution < 1.29 is 21.9 Å². The van der Waals surface area contributed by atoms with E-state index in [9.17, 15) is 21.9 Å². The van der Waals surface area contributed by atoms with E-state index in [0.29, 0.717) is 34.1 Å². The van der Waals surface area contributed by atoms with Gasteiger partial charge in [0.25, 0.3) is 6.71 Å². The standard InChI is InChI=1S/C104H76BN5/c1-103(2,3)71-59-82(65-30-11-7-12-31-65)101(83(60-71)66-32-13-8-14-33-66)109-95-63-73(106-89-45-24-19-38-75(89)76-39-20-25-46-90(76)106)51-53-87(95)105-88-54-52-74(107-91-47-26-21-40-77(91)78-41-22-27-48-92(78)107)64-96(88)110(102-84(67-34-15-9-16-35-67)61-72(104(4,5)6)62-85(102)68-36-17-10-18-37-68)98-58-70(57-97(109)99(98)105)69-50-55-94-86(56-69)81-44-29-43-80-79-42-23-28-49-93(79)108(94)100(80)81/h7-64H,1-6H3/i19D,20D,21D,22D,24D,25D,26D,27D,38D,39D,40D,41D,45D,46D,47D,48D. The number of hydrogen-bond acceptors (Lipinski definition) is 2. The second kappa shape index (κ2) is 24.0. The predicted octanol–water partition coefficient (Wildman–Crippen LogP) is 26.0. The van der Waals surface area contributed by atoms with Crippen molar-refractivity contribution in [2.75, 3.05) is 9.80 Å². The molecule has 0 aliphatic carbocycles. The third kappa shape index (κ3) is 9.55. The first-order chi connectivity index (χ1) is 60.5. The molecule has 0 saturated heterocycles. The summed E-state index contributed by atoms with van der Waals surface area (Å²) in [5.74, 6) is 0. The molecule has 0 spiro atoms. The van der Waals surface area contributed by atoms with Gasteiger partial charge in [0.2, 0.25) is 0 Å². The van der Waals surface area contributed by atoms with E-state index < -0.39 is 114 Å². The van der Waals surface area contributed by atoms with E-state index in [-0.39, 0.29) is 43.6 Å². The summed E-state index contributed by atoms with van der Waals surface area (Å²) in [5, 5.41) is 4.02. The number of rotatable bonds is 9. The van der Waals surface area contributed by atoms with Crippen LogP contribution in [0.3, 0.4) is 0 Å². The lowest BCUT2D eigenvalue weighted by atomic mass is 9.33. The summed E-state index contributed by atoms with van der Waals surface area (Å²) >= 11 is 0. The van der Waals surface area contributed by atoms with Crippen molar-refractivity contribution in [3.8, 4) is 67.0 Å². The highest BCUT2D eigenvalue weighted by atomic mass is 15.2. The van der Waals surface area contributed by atoms with E-state index in [0.717, 1.165) is 133 Å². The molecule has 20 aromatic rings. The van der Waals surface area contributed by atoms with Gasteiger partial charge in [-0.1, -0.05) is 290 Å². The van der Waals surface area contributed by atoms with Crippen LogP contribution in [0.25, 0.3) is 149 Å². The molecule has 6 heterocycles. The molecule has 0 radical (unpaired) electrons. The molecule has 0 atom stereocenters. The molecule has 2 aliphatic heterocycles. The molecule has 0 saturated carbocycles. The highest BCUT2D eigenvalue weighted by molar-refractivity contribution is 7.00. The summed E-state index contributed by atoms with van der Waals surface area (Å²) in [6.07, 6.45) is 0. The Morgan fingerprint density at radius 3 is 1.05 bits per heavy atom. The lowest BCUT2D eigenvalue weighted by molar-refractivity contribution is 0.590. The number of hydrogen-bond donors (Lipinski definition) is 0. The zero-order chi connectivity index (χ0) is 87.3. The molecular formula is C104H76BN5. The minimum absolute atomic E-state index is 0.0568. The highest BCUT2D eigenvalue weighted by Gasteiger charge is 2.46. The average Bonchev–Trinajstić information content (AvgIpc) is 0.808. The Kier molecular flexibility index (Phi) is 10.8. The molecule has 110 heavy (non-hydrogen) atoms. The molecule has 5 nitrogen and oxygen atoms in total. The molecule has 0 bridgehead atoms. The van der Waals surface area contributed by atoms with Crippen LogP contribution in [-0.4, -0.2) is 20.2 Å². The quantitative estimate of drug-likeness (QED) is 0.134. The number of anilines is 6. The molecule has 22 rings (SSSR count). The van der Waals surface area contributed by atoms with Crippen LogP contribution in [0.4, 0.5) is 34.1 Å². The van der Waals surface area contributed by atoms with Crippen LogP contribution in [0, 0.1) is 0 Å². The summed E-state index contributed by atoms with van der Waals surface area (Å²) in [4.78, 5) is 4.71. The first-order valence-corrected chi connectivity index (χ1v) is 37.4. The molecule has 0 N–H and O–H groups in total. The summed E-state index contributed by atoms with van der Waals surface area (Å²) in [6.45, 7) is 12.4. The Hall–Kier alpha value is -13.4. The minimum atomic E-state index is -0.814. The van der Waals surface area contributed by atoms with Crippen molar-refractivity contribution in [2.45, 2.75) is 52.4 Å². The number of para-hydroxylation sites is 6. The Morgan fingerprint density at radius 1 is 0.273 bits per heavy atom.